The normalized spacial score (nSPS) is 12.5. The van der Waals surface area contributed by atoms with Crippen LogP contribution in [-0.2, 0) is 6.42 Å². The minimum atomic E-state index is -0.110. The monoisotopic (exact) mass is 770 g/mol. The van der Waals surface area contributed by atoms with Crippen LogP contribution in [0.2, 0.25) is 0 Å². The quantitative estimate of drug-likeness (QED) is 0.166. The molecule has 60 heavy (non-hydrogen) atoms. The van der Waals surface area contributed by atoms with Crippen molar-refractivity contribution in [3.05, 3.63) is 222 Å². The van der Waals surface area contributed by atoms with E-state index in [-0.39, 0.29) is 5.69 Å². The first kappa shape index (κ1) is 34.2. The van der Waals surface area contributed by atoms with Gasteiger partial charge in [0.05, 0.1) is 39.0 Å². The van der Waals surface area contributed by atoms with Crippen LogP contribution in [0.15, 0.2) is 205 Å². The highest BCUT2D eigenvalue weighted by atomic mass is 16.1. The molecule has 5 nitrogen and oxygen atoms in total. The zero-order valence-electron chi connectivity index (χ0n) is 32.7. The number of para-hydroxylation sites is 5. The summed E-state index contributed by atoms with van der Waals surface area (Å²) in [7, 11) is 0. The van der Waals surface area contributed by atoms with Crippen molar-refractivity contribution in [1.29, 1.82) is 0 Å². The molecule has 0 atom stereocenters. The molecule has 0 unspecified atom stereocenters. The third-order valence-electron chi connectivity index (χ3n) is 12.3. The summed E-state index contributed by atoms with van der Waals surface area (Å²) in [4.78, 5) is 14.7. The summed E-state index contributed by atoms with van der Waals surface area (Å²) in [6.45, 7) is 0. The molecule has 1 aliphatic carbocycles. The van der Waals surface area contributed by atoms with E-state index in [0.717, 1.165) is 68.9 Å². The predicted octanol–water partition coefficient (Wildman–Crippen LogP) is 13.1. The molecule has 5 heteroatoms. The average molecular weight is 771 g/mol. The summed E-state index contributed by atoms with van der Waals surface area (Å²) in [5, 5.41) is 3.78. The predicted molar refractivity (Wildman–Crippen MR) is 248 cm³/mol. The SMILES string of the molecule is O=c1n(-c2cccc(-c3ccc(-n4c5c(c6ccccc64)C=CCC5)cc3)c2)c2ccccc2n1-c1cccc(-c2ccc(-n3c4ccccc4c4ccccc43)cc2)c1. The first-order valence-electron chi connectivity index (χ1n) is 20.6. The topological polar surface area (TPSA) is 36.8 Å². The zero-order valence-corrected chi connectivity index (χ0v) is 32.7. The van der Waals surface area contributed by atoms with Crippen molar-refractivity contribution < 1.29 is 0 Å². The second-order valence-electron chi connectivity index (χ2n) is 15.7. The summed E-state index contributed by atoms with van der Waals surface area (Å²) in [6, 6.07) is 68.1. The van der Waals surface area contributed by atoms with Crippen molar-refractivity contribution in [2.24, 2.45) is 0 Å². The molecule has 0 saturated carbocycles. The van der Waals surface area contributed by atoms with Crippen LogP contribution in [0.5, 0.6) is 0 Å². The lowest BCUT2D eigenvalue weighted by atomic mass is 10.0. The van der Waals surface area contributed by atoms with Gasteiger partial charge in [-0.05, 0) is 114 Å². The molecule has 0 radical (unpaired) electrons. The molecular weight excluding hydrogens is 733 g/mol. The maximum absolute atomic E-state index is 14.7. The fourth-order valence-corrected chi connectivity index (χ4v) is 9.57. The Morgan fingerprint density at radius 1 is 0.350 bits per heavy atom. The van der Waals surface area contributed by atoms with E-state index >= 15 is 0 Å². The van der Waals surface area contributed by atoms with Crippen molar-refractivity contribution in [3.63, 3.8) is 0 Å². The zero-order chi connectivity index (χ0) is 39.7. The maximum Gasteiger partial charge on any atom is 0.338 e. The van der Waals surface area contributed by atoms with E-state index in [4.69, 9.17) is 0 Å². The van der Waals surface area contributed by atoms with Crippen molar-refractivity contribution in [2.75, 3.05) is 0 Å². The Morgan fingerprint density at radius 2 is 0.800 bits per heavy atom. The van der Waals surface area contributed by atoms with Crippen LogP contribution in [0.3, 0.4) is 0 Å². The molecule has 8 aromatic carbocycles. The molecule has 1 aliphatic rings. The molecule has 0 saturated heterocycles. The van der Waals surface area contributed by atoms with Gasteiger partial charge in [0.25, 0.3) is 0 Å². The summed E-state index contributed by atoms with van der Waals surface area (Å²) in [5.41, 5.74) is 16.1. The van der Waals surface area contributed by atoms with E-state index < -0.39 is 0 Å². The lowest BCUT2D eigenvalue weighted by Gasteiger charge is -2.14. The third kappa shape index (κ3) is 5.29. The number of aromatic nitrogens is 4. The van der Waals surface area contributed by atoms with Gasteiger partial charge < -0.3 is 9.13 Å². The summed E-state index contributed by atoms with van der Waals surface area (Å²) in [6.07, 6.45) is 6.63. The lowest BCUT2D eigenvalue weighted by molar-refractivity contribution is 0.888. The standard InChI is InChI=1S/C55H38N4O/c60-55-58(43-15-11-13-39(35-43)37-27-31-41(32-28-37)56-49-21-5-1-17-45(49)46-18-2-6-22-50(46)56)53-25-9-10-26-54(53)59(55)44-16-12-14-40(36-44)38-29-33-42(34-30-38)57-51-23-7-3-19-47(51)48-20-4-8-24-52(48)57/h1-7,9-23,25-36H,8,24H2. The van der Waals surface area contributed by atoms with Gasteiger partial charge in [-0.3, -0.25) is 9.13 Å². The molecule has 0 spiro atoms. The number of fused-ring (bicyclic) bond motifs is 7. The van der Waals surface area contributed by atoms with E-state index in [2.05, 4.69) is 167 Å². The Balaban J connectivity index is 0.896. The lowest BCUT2D eigenvalue weighted by Crippen LogP contribution is -2.22. The summed E-state index contributed by atoms with van der Waals surface area (Å²) < 4.78 is 8.43. The van der Waals surface area contributed by atoms with E-state index in [1.54, 1.807) is 0 Å². The van der Waals surface area contributed by atoms with Gasteiger partial charge in [-0.25, -0.2) is 4.79 Å². The second kappa shape index (κ2) is 13.6. The molecule has 12 rings (SSSR count). The largest absolute Gasteiger partial charge is 0.338 e. The second-order valence-corrected chi connectivity index (χ2v) is 15.7. The maximum atomic E-state index is 14.7. The highest BCUT2D eigenvalue weighted by Crippen LogP contribution is 2.36. The number of benzene rings is 8. The van der Waals surface area contributed by atoms with Crippen molar-refractivity contribution in [1.82, 2.24) is 18.3 Å². The van der Waals surface area contributed by atoms with Gasteiger partial charge in [-0.2, -0.15) is 0 Å². The molecule has 0 bridgehead atoms. The number of rotatable bonds is 6. The Kier molecular flexibility index (Phi) is 7.75. The summed E-state index contributed by atoms with van der Waals surface area (Å²) in [5.74, 6) is 0. The van der Waals surface area contributed by atoms with Crippen LogP contribution < -0.4 is 5.69 Å². The van der Waals surface area contributed by atoms with Crippen LogP contribution in [0.4, 0.5) is 0 Å². The van der Waals surface area contributed by atoms with Crippen molar-refractivity contribution in [2.45, 2.75) is 12.8 Å². The molecule has 0 amide bonds. The molecule has 11 aromatic rings. The number of imidazole rings is 1. The average Bonchev–Trinajstić information content (AvgIpc) is 3.94. The van der Waals surface area contributed by atoms with Crippen molar-refractivity contribution >= 4 is 49.8 Å². The van der Waals surface area contributed by atoms with Gasteiger partial charge in [0.15, 0.2) is 0 Å². The Labute approximate surface area is 346 Å². The van der Waals surface area contributed by atoms with Crippen LogP contribution in [0.25, 0.3) is 94.8 Å². The van der Waals surface area contributed by atoms with Crippen LogP contribution in [-0.4, -0.2) is 18.3 Å². The van der Waals surface area contributed by atoms with E-state index in [1.807, 2.05) is 57.7 Å². The van der Waals surface area contributed by atoms with E-state index in [1.165, 1.54) is 44.0 Å². The van der Waals surface area contributed by atoms with Crippen LogP contribution in [0.1, 0.15) is 17.7 Å². The Bertz CT molecular complexity index is 3500. The Hall–Kier alpha value is -7.89. The molecule has 3 heterocycles. The molecule has 0 fully saturated rings. The first-order chi connectivity index (χ1) is 29.7. The Morgan fingerprint density at radius 3 is 1.33 bits per heavy atom. The highest BCUT2D eigenvalue weighted by molar-refractivity contribution is 6.09. The third-order valence-corrected chi connectivity index (χ3v) is 12.3. The molecule has 3 aromatic heterocycles. The minimum absolute atomic E-state index is 0.110. The van der Waals surface area contributed by atoms with E-state index in [9.17, 15) is 4.79 Å². The molecule has 0 N–H and O–H groups in total. The number of nitrogens with zero attached hydrogens (tertiary/aromatic N) is 4. The minimum Gasteiger partial charge on any atom is -0.313 e. The van der Waals surface area contributed by atoms with Gasteiger partial charge in [0.1, 0.15) is 0 Å². The fraction of sp³-hybridized carbons (Fsp3) is 0.0364. The van der Waals surface area contributed by atoms with Gasteiger partial charge in [-0.15, -0.1) is 0 Å². The van der Waals surface area contributed by atoms with Gasteiger partial charge in [0.2, 0.25) is 0 Å². The fourth-order valence-electron chi connectivity index (χ4n) is 9.57. The number of hydrogen-bond donors (Lipinski definition) is 0. The van der Waals surface area contributed by atoms with Crippen LogP contribution >= 0.6 is 0 Å². The molecule has 0 aliphatic heterocycles. The van der Waals surface area contributed by atoms with E-state index in [0.29, 0.717) is 0 Å². The molecular formula is C55H38N4O. The summed E-state index contributed by atoms with van der Waals surface area (Å²) >= 11 is 0. The van der Waals surface area contributed by atoms with Gasteiger partial charge >= 0.3 is 5.69 Å². The highest BCUT2D eigenvalue weighted by Gasteiger charge is 2.20. The van der Waals surface area contributed by atoms with Gasteiger partial charge in [-0.1, -0.05) is 127 Å². The smallest absolute Gasteiger partial charge is 0.313 e. The van der Waals surface area contributed by atoms with Crippen molar-refractivity contribution in [3.8, 4) is 45.0 Å². The first-order valence-corrected chi connectivity index (χ1v) is 20.6. The number of allylic oxidation sites excluding steroid dienone is 1. The van der Waals surface area contributed by atoms with Crippen LogP contribution in [0, 0.1) is 0 Å². The number of hydrogen-bond acceptors (Lipinski definition) is 1. The molecule has 284 valence electrons. The van der Waals surface area contributed by atoms with Gasteiger partial charge in [0, 0.05) is 38.8 Å².